The van der Waals surface area contributed by atoms with Crippen molar-refractivity contribution in [3.05, 3.63) is 42.0 Å². The summed E-state index contributed by atoms with van der Waals surface area (Å²) in [6.07, 6.45) is 7.86. The molecule has 7 nitrogen and oxygen atoms in total. The Morgan fingerprint density at radius 3 is 3.14 bits per heavy atom. The molecule has 116 valence electrons. The van der Waals surface area contributed by atoms with Crippen molar-refractivity contribution in [1.29, 1.82) is 0 Å². The van der Waals surface area contributed by atoms with Gasteiger partial charge in [-0.05, 0) is 31.4 Å². The molecule has 3 rings (SSSR count). The van der Waals surface area contributed by atoms with Crippen molar-refractivity contribution in [3.63, 3.8) is 0 Å². The summed E-state index contributed by atoms with van der Waals surface area (Å²) in [4.78, 5) is 16.1. The lowest BCUT2D eigenvalue weighted by molar-refractivity contribution is 0.246. The molecule has 1 atom stereocenters. The van der Waals surface area contributed by atoms with Crippen molar-refractivity contribution in [1.82, 2.24) is 20.1 Å². The number of aliphatic hydroxyl groups excluding tert-OH is 1. The highest BCUT2D eigenvalue weighted by atomic mass is 16.3. The monoisotopic (exact) mass is 301 g/mol. The van der Waals surface area contributed by atoms with Crippen LogP contribution in [0.3, 0.4) is 0 Å². The molecular weight excluding hydrogens is 282 g/mol. The van der Waals surface area contributed by atoms with Crippen LogP contribution in [0.4, 0.5) is 10.5 Å². The predicted molar refractivity (Wildman–Crippen MR) is 81.4 cm³/mol. The van der Waals surface area contributed by atoms with E-state index in [1.165, 1.54) is 0 Å². The van der Waals surface area contributed by atoms with E-state index in [2.05, 4.69) is 20.7 Å². The number of pyridine rings is 1. The molecule has 3 N–H and O–H groups in total. The summed E-state index contributed by atoms with van der Waals surface area (Å²) in [6.45, 7) is 0.553. The number of carbonyl (C=O) groups is 1. The van der Waals surface area contributed by atoms with Gasteiger partial charge in [-0.1, -0.05) is 0 Å². The average molecular weight is 301 g/mol. The van der Waals surface area contributed by atoms with Crippen LogP contribution in [-0.2, 0) is 13.0 Å². The predicted octanol–water partition coefficient (Wildman–Crippen LogP) is 1.47. The molecule has 0 saturated carbocycles. The molecule has 0 bridgehead atoms. The van der Waals surface area contributed by atoms with Crippen molar-refractivity contribution in [2.75, 3.05) is 11.9 Å². The molecule has 7 heteroatoms. The average Bonchev–Trinajstić information content (AvgIpc) is 2.93. The first kappa shape index (κ1) is 14.5. The van der Waals surface area contributed by atoms with E-state index in [0.29, 0.717) is 12.2 Å². The zero-order valence-corrected chi connectivity index (χ0v) is 12.2. The Kier molecular flexibility index (Phi) is 4.34. The van der Waals surface area contributed by atoms with Crippen LogP contribution in [0.15, 0.2) is 30.7 Å². The minimum Gasteiger partial charge on any atom is -0.394 e. The number of urea groups is 1. The first-order chi connectivity index (χ1) is 10.8. The van der Waals surface area contributed by atoms with Gasteiger partial charge in [-0.15, -0.1) is 0 Å². The van der Waals surface area contributed by atoms with Crippen LogP contribution in [0.25, 0.3) is 0 Å². The van der Waals surface area contributed by atoms with E-state index < -0.39 is 0 Å². The quantitative estimate of drug-likeness (QED) is 0.797. The number of amides is 2. The van der Waals surface area contributed by atoms with Gasteiger partial charge in [0.05, 0.1) is 37.3 Å². The van der Waals surface area contributed by atoms with Crippen LogP contribution in [0.5, 0.6) is 0 Å². The summed E-state index contributed by atoms with van der Waals surface area (Å²) in [6, 6.07) is 3.26. The molecule has 0 aromatic carbocycles. The molecule has 0 unspecified atom stereocenters. The Bertz CT molecular complexity index is 641. The van der Waals surface area contributed by atoms with Crippen LogP contribution in [-0.4, -0.2) is 32.5 Å². The third-order valence-electron chi connectivity index (χ3n) is 3.80. The third-order valence-corrected chi connectivity index (χ3v) is 3.80. The number of nitrogens with zero attached hydrogens (tertiary/aromatic N) is 3. The van der Waals surface area contributed by atoms with Crippen LogP contribution < -0.4 is 10.6 Å². The molecule has 0 saturated heterocycles. The maximum atomic E-state index is 12.1. The van der Waals surface area contributed by atoms with E-state index in [4.69, 9.17) is 5.11 Å². The van der Waals surface area contributed by atoms with Gasteiger partial charge in [0, 0.05) is 17.5 Å². The van der Waals surface area contributed by atoms with Gasteiger partial charge in [-0.3, -0.25) is 9.67 Å². The lowest BCUT2D eigenvalue weighted by atomic mass is 9.93. The number of hydrogen-bond donors (Lipinski definition) is 3. The molecule has 1 aliphatic carbocycles. The van der Waals surface area contributed by atoms with E-state index >= 15 is 0 Å². The number of rotatable bonds is 4. The van der Waals surface area contributed by atoms with E-state index in [1.807, 2.05) is 4.68 Å². The zero-order valence-electron chi connectivity index (χ0n) is 12.2. The maximum Gasteiger partial charge on any atom is 0.319 e. The number of nitrogens with one attached hydrogen (secondary N) is 2. The van der Waals surface area contributed by atoms with E-state index in [1.54, 1.807) is 30.7 Å². The van der Waals surface area contributed by atoms with Gasteiger partial charge in [0.1, 0.15) is 0 Å². The molecule has 22 heavy (non-hydrogen) atoms. The fourth-order valence-corrected chi connectivity index (χ4v) is 2.82. The van der Waals surface area contributed by atoms with Crippen molar-refractivity contribution in [2.45, 2.75) is 31.8 Å². The zero-order chi connectivity index (χ0) is 15.4. The van der Waals surface area contributed by atoms with Crippen LogP contribution >= 0.6 is 0 Å². The Hall–Kier alpha value is -2.41. The van der Waals surface area contributed by atoms with Gasteiger partial charge >= 0.3 is 6.03 Å². The first-order valence-electron chi connectivity index (χ1n) is 7.41. The highest BCUT2D eigenvalue weighted by molar-refractivity contribution is 5.89. The smallest absolute Gasteiger partial charge is 0.319 e. The van der Waals surface area contributed by atoms with E-state index in [0.717, 1.165) is 30.5 Å². The standard InChI is InChI=1S/C15H19N5O2/c21-8-7-20-14-5-1-4-13(12(14)10-17-20)19-15(22)18-11-3-2-6-16-9-11/h2-3,6,9-10,13,21H,1,4-5,7-8H2,(H2,18,19,22)/t13-/m1/s1. The molecule has 0 aliphatic heterocycles. The summed E-state index contributed by atoms with van der Waals surface area (Å²) in [5.74, 6) is 0. The second-order valence-electron chi connectivity index (χ2n) is 5.28. The number of fused-ring (bicyclic) bond motifs is 1. The lowest BCUT2D eigenvalue weighted by Gasteiger charge is -2.24. The highest BCUT2D eigenvalue weighted by Crippen LogP contribution is 2.29. The Balaban J connectivity index is 1.68. The fraction of sp³-hybridized carbons (Fsp3) is 0.400. The molecule has 2 heterocycles. The molecule has 0 radical (unpaired) electrons. The Morgan fingerprint density at radius 2 is 2.36 bits per heavy atom. The third kappa shape index (κ3) is 3.09. The van der Waals surface area contributed by atoms with E-state index in [9.17, 15) is 4.79 Å². The minimum atomic E-state index is -0.249. The lowest BCUT2D eigenvalue weighted by Crippen LogP contribution is -2.34. The number of aromatic nitrogens is 3. The number of aliphatic hydroxyl groups is 1. The van der Waals surface area contributed by atoms with Crippen LogP contribution in [0.1, 0.15) is 30.1 Å². The normalized spacial score (nSPS) is 16.9. The number of carbonyl (C=O) groups excluding carboxylic acids is 1. The molecule has 2 amide bonds. The molecule has 2 aromatic heterocycles. The largest absolute Gasteiger partial charge is 0.394 e. The minimum absolute atomic E-state index is 0.0483. The van der Waals surface area contributed by atoms with Gasteiger partial charge in [0.2, 0.25) is 0 Å². The van der Waals surface area contributed by atoms with Crippen LogP contribution in [0, 0.1) is 0 Å². The highest BCUT2D eigenvalue weighted by Gasteiger charge is 2.25. The number of anilines is 1. The summed E-state index contributed by atoms with van der Waals surface area (Å²) >= 11 is 0. The molecule has 1 aliphatic rings. The van der Waals surface area contributed by atoms with Gasteiger partial charge in [-0.25, -0.2) is 4.79 Å². The van der Waals surface area contributed by atoms with Crippen molar-refractivity contribution in [2.24, 2.45) is 0 Å². The van der Waals surface area contributed by atoms with Gasteiger partial charge in [-0.2, -0.15) is 5.10 Å². The summed E-state index contributed by atoms with van der Waals surface area (Å²) in [5.41, 5.74) is 2.81. The molecule has 2 aromatic rings. The number of hydrogen-bond acceptors (Lipinski definition) is 4. The second kappa shape index (κ2) is 6.57. The van der Waals surface area contributed by atoms with Gasteiger partial charge in [0.15, 0.2) is 0 Å². The second-order valence-corrected chi connectivity index (χ2v) is 5.28. The van der Waals surface area contributed by atoms with Crippen molar-refractivity contribution >= 4 is 11.7 Å². The van der Waals surface area contributed by atoms with E-state index in [-0.39, 0.29) is 18.7 Å². The first-order valence-corrected chi connectivity index (χ1v) is 7.41. The SMILES string of the molecule is O=C(Nc1cccnc1)N[C@@H]1CCCc2c1cnn2CCO. The van der Waals surface area contributed by atoms with Crippen molar-refractivity contribution in [3.8, 4) is 0 Å². The molecule has 0 spiro atoms. The maximum absolute atomic E-state index is 12.1. The Morgan fingerprint density at radius 1 is 1.45 bits per heavy atom. The van der Waals surface area contributed by atoms with Gasteiger partial charge < -0.3 is 15.7 Å². The fourth-order valence-electron chi connectivity index (χ4n) is 2.82. The summed E-state index contributed by atoms with van der Waals surface area (Å²) in [7, 11) is 0. The summed E-state index contributed by atoms with van der Waals surface area (Å²) in [5, 5.41) is 19.1. The summed E-state index contributed by atoms with van der Waals surface area (Å²) < 4.78 is 1.82. The van der Waals surface area contributed by atoms with Crippen molar-refractivity contribution < 1.29 is 9.90 Å². The molecular formula is C15H19N5O2. The molecule has 0 fully saturated rings. The van der Waals surface area contributed by atoms with Crippen LogP contribution in [0.2, 0.25) is 0 Å². The van der Waals surface area contributed by atoms with Gasteiger partial charge in [0.25, 0.3) is 0 Å². The topological polar surface area (TPSA) is 92.1 Å². The Labute approximate surface area is 128 Å².